The first-order valence-electron chi connectivity index (χ1n) is 12.5. The summed E-state index contributed by atoms with van der Waals surface area (Å²) in [7, 11) is -0.570. The van der Waals surface area contributed by atoms with Crippen molar-refractivity contribution in [1.82, 2.24) is 14.9 Å². The van der Waals surface area contributed by atoms with Crippen LogP contribution in [0.25, 0.3) is 10.8 Å². The van der Waals surface area contributed by atoms with Crippen LogP contribution in [0.3, 0.4) is 0 Å². The zero-order chi connectivity index (χ0) is 27.3. The van der Waals surface area contributed by atoms with Gasteiger partial charge in [-0.05, 0) is 53.4 Å². The van der Waals surface area contributed by atoms with Gasteiger partial charge in [0.2, 0.25) is 21.8 Å². The van der Waals surface area contributed by atoms with E-state index >= 15 is 0 Å². The molecule has 0 spiro atoms. The molecule has 1 aliphatic heterocycles. The van der Waals surface area contributed by atoms with Gasteiger partial charge in [0.25, 0.3) is 0 Å². The molecule has 1 aliphatic rings. The Hall–Kier alpha value is -3.63. The van der Waals surface area contributed by atoms with Crippen molar-refractivity contribution in [3.63, 3.8) is 0 Å². The molecule has 2 N–H and O–H groups in total. The summed E-state index contributed by atoms with van der Waals surface area (Å²) in [6.45, 7) is 1.95. The van der Waals surface area contributed by atoms with Gasteiger partial charge in [0, 0.05) is 32.5 Å². The molecular formula is C28H33N3O6S. The number of carbonyl (C=O) groups is 2. The SMILES string of the molecule is COc1ccc(CC(NC(C)=O)C(=O)NC2CCN(S(=O)(=O)c3ccc4ccccc4c3)CC2)cc1OC. The van der Waals surface area contributed by atoms with E-state index in [1.807, 2.05) is 36.4 Å². The number of amides is 2. The number of nitrogens with one attached hydrogen (secondary N) is 2. The van der Waals surface area contributed by atoms with E-state index in [0.29, 0.717) is 37.4 Å². The second kappa shape index (κ2) is 11.8. The Balaban J connectivity index is 1.39. The number of carbonyl (C=O) groups excluding carboxylic acids is 2. The van der Waals surface area contributed by atoms with Gasteiger partial charge >= 0.3 is 0 Å². The Morgan fingerprint density at radius 3 is 2.29 bits per heavy atom. The Morgan fingerprint density at radius 2 is 1.63 bits per heavy atom. The lowest BCUT2D eigenvalue weighted by molar-refractivity contribution is -0.128. The van der Waals surface area contributed by atoms with Crippen molar-refractivity contribution in [3.8, 4) is 11.5 Å². The van der Waals surface area contributed by atoms with Crippen LogP contribution in [0.1, 0.15) is 25.3 Å². The van der Waals surface area contributed by atoms with E-state index in [0.717, 1.165) is 16.3 Å². The standard InChI is InChI=1S/C28H33N3O6S/c1-19(32)29-25(16-20-8-11-26(36-2)27(17-20)37-3)28(33)30-23-12-14-31(15-13-23)38(34,35)24-10-9-21-6-4-5-7-22(21)18-24/h4-11,17-18,23,25H,12-16H2,1-3H3,(H,29,32)(H,30,33). The molecule has 1 heterocycles. The number of fused-ring (bicyclic) bond motifs is 1. The molecule has 202 valence electrons. The topological polar surface area (TPSA) is 114 Å². The molecule has 1 fully saturated rings. The van der Waals surface area contributed by atoms with E-state index in [4.69, 9.17) is 9.47 Å². The van der Waals surface area contributed by atoms with Gasteiger partial charge in [-0.15, -0.1) is 0 Å². The fourth-order valence-electron chi connectivity index (χ4n) is 4.72. The molecule has 2 amide bonds. The minimum absolute atomic E-state index is 0.202. The van der Waals surface area contributed by atoms with Crippen molar-refractivity contribution in [2.75, 3.05) is 27.3 Å². The van der Waals surface area contributed by atoms with Crippen molar-refractivity contribution in [2.45, 2.75) is 43.2 Å². The van der Waals surface area contributed by atoms with Gasteiger partial charge in [-0.2, -0.15) is 4.31 Å². The van der Waals surface area contributed by atoms with Gasteiger partial charge in [0.1, 0.15) is 6.04 Å². The number of benzene rings is 3. The molecule has 9 nitrogen and oxygen atoms in total. The summed E-state index contributed by atoms with van der Waals surface area (Å²) < 4.78 is 38.6. The van der Waals surface area contributed by atoms with Crippen LogP contribution in [0, 0.1) is 0 Å². The number of ether oxygens (including phenoxy) is 2. The highest BCUT2D eigenvalue weighted by molar-refractivity contribution is 7.89. The molecule has 1 atom stereocenters. The Morgan fingerprint density at radius 1 is 0.947 bits per heavy atom. The fraction of sp³-hybridized carbons (Fsp3) is 0.357. The van der Waals surface area contributed by atoms with Crippen LogP contribution in [0.4, 0.5) is 0 Å². The molecule has 10 heteroatoms. The number of nitrogens with zero attached hydrogens (tertiary/aromatic N) is 1. The minimum Gasteiger partial charge on any atom is -0.493 e. The van der Waals surface area contributed by atoms with Gasteiger partial charge in [0.15, 0.2) is 11.5 Å². The van der Waals surface area contributed by atoms with Crippen LogP contribution in [-0.2, 0) is 26.0 Å². The quantitative estimate of drug-likeness (QED) is 0.432. The molecule has 1 saturated heterocycles. The number of hydrogen-bond acceptors (Lipinski definition) is 6. The number of rotatable bonds is 9. The van der Waals surface area contributed by atoms with E-state index in [-0.39, 0.29) is 29.2 Å². The zero-order valence-electron chi connectivity index (χ0n) is 21.8. The third-order valence-electron chi connectivity index (χ3n) is 6.74. The Labute approximate surface area is 223 Å². The number of sulfonamides is 1. The molecule has 0 aliphatic carbocycles. The number of hydrogen-bond donors (Lipinski definition) is 2. The van der Waals surface area contributed by atoms with Gasteiger partial charge in [-0.25, -0.2) is 8.42 Å². The second-order valence-corrected chi connectivity index (χ2v) is 11.3. The number of methoxy groups -OCH3 is 2. The maximum absolute atomic E-state index is 13.3. The average molecular weight is 540 g/mol. The maximum Gasteiger partial charge on any atom is 0.243 e. The minimum atomic E-state index is -3.65. The van der Waals surface area contributed by atoms with Crippen molar-refractivity contribution in [2.24, 2.45) is 0 Å². The average Bonchev–Trinajstić information content (AvgIpc) is 2.92. The highest BCUT2D eigenvalue weighted by Crippen LogP contribution is 2.28. The molecule has 0 saturated carbocycles. The summed E-state index contributed by atoms with van der Waals surface area (Å²) in [5, 5.41) is 7.57. The second-order valence-electron chi connectivity index (χ2n) is 9.34. The monoisotopic (exact) mass is 539 g/mol. The van der Waals surface area contributed by atoms with Crippen molar-refractivity contribution >= 4 is 32.6 Å². The first-order chi connectivity index (χ1) is 18.2. The largest absolute Gasteiger partial charge is 0.493 e. The Bertz CT molecular complexity index is 1420. The zero-order valence-corrected chi connectivity index (χ0v) is 22.6. The van der Waals surface area contributed by atoms with Gasteiger partial charge in [0.05, 0.1) is 19.1 Å². The fourth-order valence-corrected chi connectivity index (χ4v) is 6.22. The summed E-state index contributed by atoms with van der Waals surface area (Å²) in [5.41, 5.74) is 0.799. The molecule has 3 aromatic carbocycles. The lowest BCUT2D eigenvalue weighted by atomic mass is 10.0. The first-order valence-corrected chi connectivity index (χ1v) is 13.9. The van der Waals surface area contributed by atoms with E-state index < -0.39 is 16.1 Å². The van der Waals surface area contributed by atoms with Crippen LogP contribution in [0.2, 0.25) is 0 Å². The van der Waals surface area contributed by atoms with Gasteiger partial charge in [-0.1, -0.05) is 36.4 Å². The normalized spacial score (nSPS) is 15.6. The molecule has 4 rings (SSSR count). The van der Waals surface area contributed by atoms with Gasteiger partial charge < -0.3 is 20.1 Å². The lowest BCUT2D eigenvalue weighted by Gasteiger charge is -2.32. The summed E-state index contributed by atoms with van der Waals surface area (Å²) in [4.78, 5) is 25.2. The molecular weight excluding hydrogens is 506 g/mol. The van der Waals surface area contributed by atoms with Crippen LogP contribution in [0.15, 0.2) is 65.6 Å². The molecule has 0 radical (unpaired) electrons. The smallest absolute Gasteiger partial charge is 0.243 e. The van der Waals surface area contributed by atoms with E-state index in [1.54, 1.807) is 31.4 Å². The highest BCUT2D eigenvalue weighted by atomic mass is 32.2. The molecule has 1 unspecified atom stereocenters. The highest BCUT2D eigenvalue weighted by Gasteiger charge is 2.31. The predicted molar refractivity (Wildman–Crippen MR) is 145 cm³/mol. The van der Waals surface area contributed by atoms with Crippen LogP contribution < -0.4 is 20.1 Å². The van der Waals surface area contributed by atoms with Crippen molar-refractivity contribution < 1.29 is 27.5 Å². The van der Waals surface area contributed by atoms with Crippen LogP contribution in [0.5, 0.6) is 11.5 Å². The predicted octanol–water partition coefficient (Wildman–Crippen LogP) is 2.87. The lowest BCUT2D eigenvalue weighted by Crippen LogP contribution is -2.53. The summed E-state index contributed by atoms with van der Waals surface area (Å²) in [6.07, 6.45) is 1.21. The van der Waals surface area contributed by atoms with Crippen LogP contribution >= 0.6 is 0 Å². The maximum atomic E-state index is 13.3. The Kier molecular flexibility index (Phi) is 8.53. The summed E-state index contributed by atoms with van der Waals surface area (Å²) >= 11 is 0. The van der Waals surface area contributed by atoms with E-state index in [9.17, 15) is 18.0 Å². The molecule has 38 heavy (non-hydrogen) atoms. The summed E-state index contributed by atoms with van der Waals surface area (Å²) in [6, 6.07) is 17.1. The van der Waals surface area contributed by atoms with E-state index in [1.165, 1.54) is 18.3 Å². The molecule has 3 aromatic rings. The third-order valence-corrected chi connectivity index (χ3v) is 8.64. The van der Waals surface area contributed by atoms with Crippen molar-refractivity contribution in [1.29, 1.82) is 0 Å². The van der Waals surface area contributed by atoms with Crippen LogP contribution in [-0.4, -0.2) is 63.9 Å². The first kappa shape index (κ1) is 27.4. The number of piperidine rings is 1. The molecule has 0 aromatic heterocycles. The molecule has 0 bridgehead atoms. The summed E-state index contributed by atoms with van der Waals surface area (Å²) in [5.74, 6) is 0.474. The third kappa shape index (κ3) is 6.25. The van der Waals surface area contributed by atoms with Crippen molar-refractivity contribution in [3.05, 3.63) is 66.2 Å². The van der Waals surface area contributed by atoms with Gasteiger partial charge in [-0.3, -0.25) is 9.59 Å². The van der Waals surface area contributed by atoms with E-state index in [2.05, 4.69) is 10.6 Å².